The van der Waals surface area contributed by atoms with E-state index in [9.17, 15) is 13.6 Å². The van der Waals surface area contributed by atoms with Gasteiger partial charge in [-0.1, -0.05) is 6.07 Å². The highest BCUT2D eigenvalue weighted by molar-refractivity contribution is 5.91. The maximum Gasteiger partial charge on any atom is 0.287 e. The van der Waals surface area contributed by atoms with Crippen molar-refractivity contribution in [3.63, 3.8) is 0 Å². The van der Waals surface area contributed by atoms with Gasteiger partial charge in [0.05, 0.1) is 12.8 Å². The van der Waals surface area contributed by atoms with Gasteiger partial charge >= 0.3 is 0 Å². The van der Waals surface area contributed by atoms with E-state index in [1.807, 2.05) is 6.92 Å². The lowest BCUT2D eigenvalue weighted by Gasteiger charge is -2.21. The van der Waals surface area contributed by atoms with E-state index in [0.29, 0.717) is 38.7 Å². The summed E-state index contributed by atoms with van der Waals surface area (Å²) >= 11 is 0. The fourth-order valence-corrected chi connectivity index (χ4v) is 3.22. The zero-order chi connectivity index (χ0) is 20.6. The summed E-state index contributed by atoms with van der Waals surface area (Å²) < 4.78 is 33.0. The topological polar surface area (TPSA) is 81.9 Å². The number of hydrogen-bond acceptors (Lipinski definition) is 4. The second-order valence-corrected chi connectivity index (χ2v) is 6.64. The number of nitrogens with one attached hydrogen (secondary N) is 3. The van der Waals surface area contributed by atoms with Crippen LogP contribution in [0.15, 0.2) is 46.0 Å². The van der Waals surface area contributed by atoms with Crippen LogP contribution in [-0.2, 0) is 0 Å². The minimum absolute atomic E-state index is 0.00418. The van der Waals surface area contributed by atoms with Crippen LogP contribution in [0.5, 0.6) is 0 Å². The lowest BCUT2D eigenvalue weighted by molar-refractivity contribution is 0.0927. The molecule has 1 aromatic carbocycles. The first-order chi connectivity index (χ1) is 14.1. The van der Waals surface area contributed by atoms with Crippen molar-refractivity contribution < 1.29 is 18.0 Å². The molecule has 0 saturated carbocycles. The number of rotatable bonds is 7. The summed E-state index contributed by atoms with van der Waals surface area (Å²) in [7, 11) is 0. The molecule has 7 nitrogen and oxygen atoms in total. The molecule has 29 heavy (non-hydrogen) atoms. The molecule has 156 valence electrons. The maximum absolute atomic E-state index is 14.0. The number of halogens is 2. The highest BCUT2D eigenvalue weighted by Crippen LogP contribution is 2.26. The smallest absolute Gasteiger partial charge is 0.287 e. The molecular weight excluding hydrogens is 380 g/mol. The van der Waals surface area contributed by atoms with E-state index in [1.54, 1.807) is 17.0 Å². The first kappa shape index (κ1) is 20.6. The minimum Gasteiger partial charge on any atom is -0.459 e. The van der Waals surface area contributed by atoms with Gasteiger partial charge in [0, 0.05) is 32.2 Å². The van der Waals surface area contributed by atoms with Crippen LogP contribution in [0, 0.1) is 11.6 Å². The highest BCUT2D eigenvalue weighted by Gasteiger charge is 2.27. The van der Waals surface area contributed by atoms with Crippen molar-refractivity contribution in [1.82, 2.24) is 16.0 Å². The Morgan fingerprint density at radius 3 is 2.72 bits per heavy atom. The number of furan rings is 1. The SMILES string of the molecule is CCNC(=NCCNC(=O)c1ccco1)NC1CCN(c2c(F)cccc2F)C1. The molecule has 1 aliphatic rings. The van der Waals surface area contributed by atoms with E-state index in [4.69, 9.17) is 4.42 Å². The van der Waals surface area contributed by atoms with E-state index < -0.39 is 11.6 Å². The Morgan fingerprint density at radius 2 is 2.03 bits per heavy atom. The predicted molar refractivity (Wildman–Crippen MR) is 107 cm³/mol. The molecular formula is C20H25F2N5O2. The van der Waals surface area contributed by atoms with Crippen LogP contribution >= 0.6 is 0 Å². The van der Waals surface area contributed by atoms with Crippen molar-refractivity contribution in [2.24, 2.45) is 4.99 Å². The largest absolute Gasteiger partial charge is 0.459 e. The molecule has 0 spiro atoms. The minimum atomic E-state index is -0.557. The van der Waals surface area contributed by atoms with Crippen LogP contribution in [-0.4, -0.2) is 50.6 Å². The summed E-state index contributed by atoms with van der Waals surface area (Å²) in [5, 5.41) is 9.17. The number of guanidine groups is 1. The normalized spacial score (nSPS) is 16.7. The Labute approximate surface area is 168 Å². The summed E-state index contributed by atoms with van der Waals surface area (Å²) in [6.45, 7) is 4.37. The number of anilines is 1. The third kappa shape index (κ3) is 5.46. The molecule has 1 unspecified atom stereocenters. The summed E-state index contributed by atoms with van der Waals surface area (Å²) in [4.78, 5) is 18.0. The van der Waals surface area contributed by atoms with Gasteiger partial charge in [0.15, 0.2) is 11.7 Å². The van der Waals surface area contributed by atoms with Gasteiger partial charge in [0.1, 0.15) is 17.3 Å². The van der Waals surface area contributed by atoms with Crippen LogP contribution in [0.2, 0.25) is 0 Å². The Bertz CT molecular complexity index is 821. The van der Waals surface area contributed by atoms with Crippen molar-refractivity contribution in [3.8, 4) is 0 Å². The van der Waals surface area contributed by atoms with Gasteiger partial charge in [-0.15, -0.1) is 0 Å². The van der Waals surface area contributed by atoms with Crippen molar-refractivity contribution in [2.45, 2.75) is 19.4 Å². The lowest BCUT2D eigenvalue weighted by atomic mass is 10.2. The van der Waals surface area contributed by atoms with E-state index in [1.165, 1.54) is 24.5 Å². The number of nitrogens with zero attached hydrogens (tertiary/aromatic N) is 2. The van der Waals surface area contributed by atoms with Gasteiger partial charge in [-0.05, 0) is 37.6 Å². The third-order valence-corrected chi connectivity index (χ3v) is 4.54. The highest BCUT2D eigenvalue weighted by atomic mass is 19.1. The first-order valence-corrected chi connectivity index (χ1v) is 9.64. The molecule has 1 atom stereocenters. The fourth-order valence-electron chi connectivity index (χ4n) is 3.22. The average Bonchev–Trinajstić information content (AvgIpc) is 3.37. The van der Waals surface area contributed by atoms with Gasteiger partial charge < -0.3 is 25.3 Å². The molecule has 2 aromatic rings. The van der Waals surface area contributed by atoms with Crippen LogP contribution in [0.25, 0.3) is 0 Å². The molecule has 1 fully saturated rings. The molecule has 0 radical (unpaired) electrons. The molecule has 1 aliphatic heterocycles. The molecule has 3 rings (SSSR count). The summed E-state index contributed by atoms with van der Waals surface area (Å²) in [6, 6.07) is 7.14. The third-order valence-electron chi connectivity index (χ3n) is 4.54. The molecule has 1 saturated heterocycles. The van der Waals surface area contributed by atoms with E-state index in [0.717, 1.165) is 6.42 Å². The molecule has 0 aliphatic carbocycles. The van der Waals surface area contributed by atoms with Gasteiger partial charge in [-0.2, -0.15) is 0 Å². The summed E-state index contributed by atoms with van der Waals surface area (Å²) in [5.41, 5.74) is 0.0133. The van der Waals surface area contributed by atoms with Crippen LogP contribution < -0.4 is 20.9 Å². The fraction of sp³-hybridized carbons (Fsp3) is 0.400. The number of aliphatic imine (C=N–C) groups is 1. The van der Waals surface area contributed by atoms with Gasteiger partial charge in [0.2, 0.25) is 0 Å². The quantitative estimate of drug-likeness (QED) is 0.374. The number of amides is 1. The number of carbonyl (C=O) groups is 1. The number of para-hydroxylation sites is 1. The van der Waals surface area contributed by atoms with E-state index in [-0.39, 0.29) is 23.4 Å². The van der Waals surface area contributed by atoms with Crippen LogP contribution in [0.1, 0.15) is 23.9 Å². The van der Waals surface area contributed by atoms with Crippen LogP contribution in [0.4, 0.5) is 14.5 Å². The van der Waals surface area contributed by atoms with Crippen molar-refractivity contribution in [2.75, 3.05) is 37.6 Å². The second kappa shape index (κ2) is 9.90. The first-order valence-electron chi connectivity index (χ1n) is 9.64. The van der Waals surface area contributed by atoms with Crippen molar-refractivity contribution in [3.05, 3.63) is 54.0 Å². The average molecular weight is 405 g/mol. The van der Waals surface area contributed by atoms with Crippen LogP contribution in [0.3, 0.4) is 0 Å². The predicted octanol–water partition coefficient (Wildman–Crippen LogP) is 2.12. The van der Waals surface area contributed by atoms with Gasteiger partial charge in [0.25, 0.3) is 5.91 Å². The Balaban J connectivity index is 1.51. The standard InChI is InChI=1S/C20H25F2N5O2/c1-2-23-20(25-10-9-24-19(28)17-7-4-12-29-17)26-14-8-11-27(13-14)18-15(21)5-3-6-16(18)22/h3-7,12,14H,2,8-11,13H2,1H3,(H,24,28)(H2,23,25,26). The monoisotopic (exact) mass is 405 g/mol. The van der Waals surface area contributed by atoms with Gasteiger partial charge in [-0.25, -0.2) is 8.78 Å². The lowest BCUT2D eigenvalue weighted by Crippen LogP contribution is -2.45. The summed E-state index contributed by atoms with van der Waals surface area (Å²) in [5.74, 6) is -0.551. The number of benzene rings is 1. The number of carbonyl (C=O) groups excluding carboxylic acids is 1. The van der Waals surface area contributed by atoms with Crippen molar-refractivity contribution >= 4 is 17.6 Å². The maximum atomic E-state index is 14.0. The molecule has 1 aromatic heterocycles. The second-order valence-electron chi connectivity index (χ2n) is 6.64. The molecule has 2 heterocycles. The Kier molecular flexibility index (Phi) is 7.04. The zero-order valence-corrected chi connectivity index (χ0v) is 16.3. The Morgan fingerprint density at radius 1 is 1.24 bits per heavy atom. The zero-order valence-electron chi connectivity index (χ0n) is 16.3. The Hall–Kier alpha value is -3.10. The van der Waals surface area contributed by atoms with E-state index in [2.05, 4.69) is 20.9 Å². The molecule has 1 amide bonds. The van der Waals surface area contributed by atoms with Crippen molar-refractivity contribution in [1.29, 1.82) is 0 Å². The summed E-state index contributed by atoms with van der Waals surface area (Å²) in [6.07, 6.45) is 2.17. The number of hydrogen-bond donors (Lipinski definition) is 3. The van der Waals surface area contributed by atoms with Gasteiger partial charge in [-0.3, -0.25) is 9.79 Å². The molecule has 9 heteroatoms. The van der Waals surface area contributed by atoms with E-state index >= 15 is 0 Å². The molecule has 0 bridgehead atoms. The molecule has 3 N–H and O–H groups in total.